The summed E-state index contributed by atoms with van der Waals surface area (Å²) >= 11 is 0. The Kier molecular flexibility index (Phi) is 7.15. The summed E-state index contributed by atoms with van der Waals surface area (Å²) in [5, 5.41) is 3.44. The number of nitrogens with one attached hydrogen (secondary N) is 1. The fraction of sp³-hybridized carbons (Fsp3) is 0.533. The van der Waals surface area contributed by atoms with Crippen molar-refractivity contribution in [2.45, 2.75) is 32.4 Å². The van der Waals surface area contributed by atoms with Crippen LogP contribution in [-0.4, -0.2) is 32.8 Å². The molecule has 0 saturated carbocycles. The van der Waals surface area contributed by atoms with Crippen LogP contribution in [0.3, 0.4) is 0 Å². The second-order valence-electron chi connectivity index (χ2n) is 4.46. The molecule has 0 amide bonds. The molecule has 4 heteroatoms. The lowest BCUT2D eigenvalue weighted by Gasteiger charge is -2.17. The predicted molar refractivity (Wildman–Crippen MR) is 75.0 cm³/mol. The predicted octanol–water partition coefficient (Wildman–Crippen LogP) is 1.92. The second kappa shape index (κ2) is 8.67. The van der Waals surface area contributed by atoms with Crippen molar-refractivity contribution in [3.05, 3.63) is 35.4 Å². The lowest BCUT2D eigenvalue weighted by molar-refractivity contribution is -0.139. The van der Waals surface area contributed by atoms with Gasteiger partial charge in [-0.25, -0.2) is 0 Å². The molecule has 0 heterocycles. The number of methoxy groups -OCH3 is 2. The van der Waals surface area contributed by atoms with Crippen molar-refractivity contribution in [1.29, 1.82) is 0 Å². The highest BCUT2D eigenvalue weighted by atomic mass is 16.5. The summed E-state index contributed by atoms with van der Waals surface area (Å²) in [5.41, 5.74) is 2.14. The summed E-state index contributed by atoms with van der Waals surface area (Å²) < 4.78 is 9.87. The van der Waals surface area contributed by atoms with Crippen LogP contribution in [0, 0.1) is 0 Å². The maximum absolute atomic E-state index is 11.4. The Morgan fingerprint density at radius 1 is 1.26 bits per heavy atom. The number of esters is 1. The summed E-state index contributed by atoms with van der Waals surface area (Å²) in [6.45, 7) is 3.54. The number of carbonyl (C=O) groups is 1. The van der Waals surface area contributed by atoms with E-state index in [9.17, 15) is 4.79 Å². The van der Waals surface area contributed by atoms with Gasteiger partial charge in [0.2, 0.25) is 0 Å². The molecule has 1 atom stereocenters. The molecule has 4 nitrogen and oxygen atoms in total. The lowest BCUT2D eigenvalue weighted by Crippen LogP contribution is -2.32. The van der Waals surface area contributed by atoms with E-state index in [0.717, 1.165) is 24.1 Å². The van der Waals surface area contributed by atoms with Crippen molar-refractivity contribution in [2.75, 3.05) is 20.8 Å². The van der Waals surface area contributed by atoms with Crippen LogP contribution < -0.4 is 5.32 Å². The first-order chi connectivity index (χ1) is 9.21. The summed E-state index contributed by atoms with van der Waals surface area (Å²) in [6, 6.07) is 8.25. The molecular weight excluding hydrogens is 242 g/mol. The molecule has 0 fully saturated rings. The Balaban J connectivity index is 2.64. The minimum atomic E-state index is -0.212. The molecule has 1 rings (SSSR count). The first kappa shape index (κ1) is 15.7. The van der Waals surface area contributed by atoms with Crippen LogP contribution in [-0.2, 0) is 27.2 Å². The molecule has 1 unspecified atom stereocenters. The van der Waals surface area contributed by atoms with Gasteiger partial charge in [-0.05, 0) is 17.5 Å². The monoisotopic (exact) mass is 265 g/mol. The fourth-order valence-electron chi connectivity index (χ4n) is 1.91. The van der Waals surface area contributed by atoms with Crippen molar-refractivity contribution < 1.29 is 14.3 Å². The summed E-state index contributed by atoms with van der Waals surface area (Å²) in [6.07, 6.45) is 1.32. The Morgan fingerprint density at radius 2 is 1.95 bits per heavy atom. The second-order valence-corrected chi connectivity index (χ2v) is 4.46. The fourth-order valence-corrected chi connectivity index (χ4v) is 1.91. The zero-order valence-corrected chi connectivity index (χ0v) is 11.9. The van der Waals surface area contributed by atoms with E-state index in [1.54, 1.807) is 7.11 Å². The summed E-state index contributed by atoms with van der Waals surface area (Å²) in [7, 11) is 3.12. The van der Waals surface area contributed by atoms with Crippen molar-refractivity contribution in [3.8, 4) is 0 Å². The van der Waals surface area contributed by atoms with Gasteiger partial charge >= 0.3 is 5.97 Å². The number of carbonyl (C=O) groups excluding carboxylic acids is 1. The number of benzene rings is 1. The van der Waals surface area contributed by atoms with E-state index >= 15 is 0 Å². The maximum atomic E-state index is 11.4. The molecule has 1 N–H and O–H groups in total. The van der Waals surface area contributed by atoms with Crippen molar-refractivity contribution in [1.82, 2.24) is 5.32 Å². The Hall–Kier alpha value is -1.39. The normalized spacial score (nSPS) is 12.2. The standard InChI is InChI=1S/C15H23NO3/c1-4-14(11-18-2)16-10-13-8-6-5-7-12(13)9-15(17)19-3/h5-8,14,16H,4,9-11H2,1-3H3. The van der Waals surface area contributed by atoms with Gasteiger partial charge in [-0.3, -0.25) is 4.79 Å². The molecule has 0 saturated heterocycles. The number of ether oxygens (including phenoxy) is 2. The SMILES string of the molecule is CCC(COC)NCc1ccccc1CC(=O)OC. The van der Waals surface area contributed by atoms with Gasteiger partial charge in [0.1, 0.15) is 0 Å². The van der Waals surface area contributed by atoms with Crippen LogP contribution in [0.5, 0.6) is 0 Å². The minimum absolute atomic E-state index is 0.212. The first-order valence-corrected chi connectivity index (χ1v) is 6.57. The quantitative estimate of drug-likeness (QED) is 0.729. The van der Waals surface area contributed by atoms with Gasteiger partial charge in [0, 0.05) is 19.7 Å². The van der Waals surface area contributed by atoms with Gasteiger partial charge in [0.25, 0.3) is 0 Å². The topological polar surface area (TPSA) is 47.6 Å². The minimum Gasteiger partial charge on any atom is -0.469 e. The highest BCUT2D eigenvalue weighted by Gasteiger charge is 2.09. The number of hydrogen-bond donors (Lipinski definition) is 1. The third kappa shape index (κ3) is 5.41. The van der Waals surface area contributed by atoms with Gasteiger partial charge in [-0.15, -0.1) is 0 Å². The van der Waals surface area contributed by atoms with Gasteiger partial charge in [-0.2, -0.15) is 0 Å². The third-order valence-electron chi connectivity index (χ3n) is 3.12. The van der Waals surface area contributed by atoms with Crippen molar-refractivity contribution in [2.24, 2.45) is 0 Å². The van der Waals surface area contributed by atoms with E-state index in [2.05, 4.69) is 12.2 Å². The Bertz CT molecular complexity index is 393. The Morgan fingerprint density at radius 3 is 2.53 bits per heavy atom. The van der Waals surface area contributed by atoms with E-state index in [0.29, 0.717) is 19.1 Å². The van der Waals surface area contributed by atoms with Crippen LogP contribution in [0.1, 0.15) is 24.5 Å². The van der Waals surface area contributed by atoms with E-state index in [1.165, 1.54) is 7.11 Å². The maximum Gasteiger partial charge on any atom is 0.309 e. The molecule has 0 aromatic heterocycles. The summed E-state index contributed by atoms with van der Waals surface area (Å²) in [5.74, 6) is -0.212. The third-order valence-corrected chi connectivity index (χ3v) is 3.12. The van der Waals surface area contributed by atoms with E-state index < -0.39 is 0 Å². The molecule has 0 radical (unpaired) electrons. The molecule has 1 aromatic rings. The molecular formula is C15H23NO3. The molecule has 0 aliphatic rings. The molecule has 0 bridgehead atoms. The van der Waals surface area contributed by atoms with Crippen molar-refractivity contribution >= 4 is 5.97 Å². The van der Waals surface area contributed by atoms with Crippen molar-refractivity contribution in [3.63, 3.8) is 0 Å². The number of rotatable bonds is 8. The van der Waals surface area contributed by atoms with Crippen LogP contribution in [0.25, 0.3) is 0 Å². The summed E-state index contributed by atoms with van der Waals surface area (Å²) in [4.78, 5) is 11.4. The highest BCUT2D eigenvalue weighted by molar-refractivity contribution is 5.72. The van der Waals surface area contributed by atoms with Gasteiger partial charge in [0.15, 0.2) is 0 Å². The van der Waals surface area contributed by atoms with Crippen LogP contribution in [0.15, 0.2) is 24.3 Å². The molecule has 0 spiro atoms. The van der Waals surface area contributed by atoms with Crippen LogP contribution in [0.4, 0.5) is 0 Å². The van der Waals surface area contributed by atoms with E-state index in [1.807, 2.05) is 24.3 Å². The highest BCUT2D eigenvalue weighted by Crippen LogP contribution is 2.10. The molecule has 19 heavy (non-hydrogen) atoms. The molecule has 0 aliphatic carbocycles. The van der Waals surface area contributed by atoms with Gasteiger partial charge in [-0.1, -0.05) is 31.2 Å². The van der Waals surface area contributed by atoms with Gasteiger partial charge < -0.3 is 14.8 Å². The van der Waals surface area contributed by atoms with Crippen LogP contribution >= 0.6 is 0 Å². The smallest absolute Gasteiger partial charge is 0.309 e. The first-order valence-electron chi connectivity index (χ1n) is 6.57. The lowest BCUT2D eigenvalue weighted by atomic mass is 10.0. The van der Waals surface area contributed by atoms with Crippen LogP contribution in [0.2, 0.25) is 0 Å². The van der Waals surface area contributed by atoms with E-state index in [-0.39, 0.29) is 5.97 Å². The average Bonchev–Trinajstić information content (AvgIpc) is 2.44. The average molecular weight is 265 g/mol. The molecule has 1 aromatic carbocycles. The number of hydrogen-bond acceptors (Lipinski definition) is 4. The molecule has 0 aliphatic heterocycles. The Labute approximate surface area is 115 Å². The van der Waals surface area contributed by atoms with E-state index in [4.69, 9.17) is 9.47 Å². The largest absolute Gasteiger partial charge is 0.469 e. The zero-order chi connectivity index (χ0) is 14.1. The van der Waals surface area contributed by atoms with Gasteiger partial charge in [0.05, 0.1) is 20.1 Å². The molecule has 106 valence electrons. The zero-order valence-electron chi connectivity index (χ0n) is 11.9.